The molecular weight excluding hydrogens is 174 g/mol. The number of nitrogens with zero attached hydrogens (tertiary/aromatic N) is 2. The van der Waals surface area contributed by atoms with Crippen LogP contribution < -0.4 is 0 Å². The minimum atomic E-state index is 0. The predicted octanol–water partition coefficient (Wildman–Crippen LogP) is 2.27. The Bertz CT molecular complexity index is 204. The highest BCUT2D eigenvalue weighted by Crippen LogP contribution is 2.30. The lowest BCUT2D eigenvalue weighted by molar-refractivity contribution is 0.436. The van der Waals surface area contributed by atoms with Crippen molar-refractivity contribution < 1.29 is 0 Å². The van der Waals surface area contributed by atoms with Crippen LogP contribution >= 0.6 is 12.4 Å². The second-order valence-electron chi connectivity index (χ2n) is 3.23. The first kappa shape index (κ1) is 9.52. The van der Waals surface area contributed by atoms with Crippen LogP contribution in [0.1, 0.15) is 43.7 Å². The van der Waals surface area contributed by atoms with E-state index < -0.39 is 0 Å². The second kappa shape index (κ2) is 4.45. The monoisotopic (exact) mass is 187 g/mol. The first-order valence-electron chi connectivity index (χ1n) is 4.32. The van der Waals surface area contributed by atoms with Crippen molar-refractivity contribution in [3.05, 3.63) is 11.9 Å². The van der Waals surface area contributed by atoms with Crippen LogP contribution in [0, 0.1) is 0 Å². The Morgan fingerprint density at radius 2 is 2.00 bits per heavy atom. The normalized spacial score (nSPS) is 18.7. The molecule has 12 heavy (non-hydrogen) atoms. The first-order valence-corrected chi connectivity index (χ1v) is 4.32. The molecule has 0 bridgehead atoms. The molecule has 1 N–H and O–H groups in total. The van der Waals surface area contributed by atoms with Gasteiger partial charge in [-0.05, 0) is 12.8 Å². The second-order valence-corrected chi connectivity index (χ2v) is 3.23. The summed E-state index contributed by atoms with van der Waals surface area (Å²) in [5.41, 5.74) is 1.16. The van der Waals surface area contributed by atoms with Gasteiger partial charge in [0.25, 0.3) is 0 Å². The van der Waals surface area contributed by atoms with E-state index in [9.17, 15) is 0 Å². The highest BCUT2D eigenvalue weighted by atomic mass is 35.5. The van der Waals surface area contributed by atoms with Gasteiger partial charge in [-0.25, -0.2) is 0 Å². The third-order valence-electron chi connectivity index (χ3n) is 2.46. The zero-order chi connectivity index (χ0) is 7.52. The van der Waals surface area contributed by atoms with Crippen molar-refractivity contribution in [1.82, 2.24) is 15.4 Å². The van der Waals surface area contributed by atoms with Crippen molar-refractivity contribution in [2.75, 3.05) is 0 Å². The summed E-state index contributed by atoms with van der Waals surface area (Å²) in [7, 11) is 0. The maximum absolute atomic E-state index is 4.10. The maximum atomic E-state index is 4.10. The Kier molecular flexibility index (Phi) is 3.53. The minimum Gasteiger partial charge on any atom is -0.198 e. The molecular formula is C8H14ClN3. The fourth-order valence-corrected chi connectivity index (χ4v) is 1.81. The SMILES string of the molecule is Cl.c1n[nH]nc1C1CCCCC1. The average Bonchev–Trinajstić information content (AvgIpc) is 2.58. The zero-order valence-electron chi connectivity index (χ0n) is 6.99. The van der Waals surface area contributed by atoms with Gasteiger partial charge in [-0.2, -0.15) is 15.4 Å². The average molecular weight is 188 g/mol. The molecule has 1 aromatic rings. The summed E-state index contributed by atoms with van der Waals surface area (Å²) in [6.07, 6.45) is 8.57. The number of halogens is 1. The van der Waals surface area contributed by atoms with Gasteiger partial charge >= 0.3 is 0 Å². The Labute approximate surface area is 78.4 Å². The van der Waals surface area contributed by atoms with Crippen LogP contribution in [0.5, 0.6) is 0 Å². The number of hydrogen-bond donors (Lipinski definition) is 1. The largest absolute Gasteiger partial charge is 0.198 e. The molecule has 3 nitrogen and oxygen atoms in total. The quantitative estimate of drug-likeness (QED) is 0.733. The van der Waals surface area contributed by atoms with E-state index in [1.807, 2.05) is 6.20 Å². The molecule has 1 aliphatic rings. The molecule has 0 unspecified atom stereocenters. The molecule has 0 atom stereocenters. The molecule has 1 fully saturated rings. The Morgan fingerprint density at radius 1 is 1.25 bits per heavy atom. The van der Waals surface area contributed by atoms with Crippen LogP contribution in [0.2, 0.25) is 0 Å². The Hall–Kier alpha value is -0.570. The van der Waals surface area contributed by atoms with Gasteiger partial charge in [0.1, 0.15) is 0 Å². The number of rotatable bonds is 1. The van der Waals surface area contributed by atoms with E-state index in [2.05, 4.69) is 15.4 Å². The standard InChI is InChI=1S/C8H13N3.ClH/c1-2-4-7(5-3-1)8-6-9-11-10-8;/h6-7H,1-5H2,(H,9,10,11);1H. The van der Waals surface area contributed by atoms with Gasteiger partial charge in [0.2, 0.25) is 0 Å². The molecule has 1 saturated carbocycles. The van der Waals surface area contributed by atoms with E-state index in [0.29, 0.717) is 5.92 Å². The number of aromatic nitrogens is 3. The number of hydrogen-bond acceptors (Lipinski definition) is 2. The van der Waals surface area contributed by atoms with Gasteiger partial charge in [0.15, 0.2) is 0 Å². The molecule has 0 aromatic carbocycles. The first-order chi connectivity index (χ1) is 5.47. The topological polar surface area (TPSA) is 41.6 Å². The summed E-state index contributed by atoms with van der Waals surface area (Å²) >= 11 is 0. The highest BCUT2D eigenvalue weighted by Gasteiger charge is 2.16. The van der Waals surface area contributed by atoms with E-state index >= 15 is 0 Å². The van der Waals surface area contributed by atoms with E-state index in [0.717, 1.165) is 5.69 Å². The molecule has 68 valence electrons. The molecule has 0 spiro atoms. The summed E-state index contributed by atoms with van der Waals surface area (Å²) in [5, 5.41) is 10.6. The summed E-state index contributed by atoms with van der Waals surface area (Å²) in [6, 6.07) is 0. The Balaban J connectivity index is 0.000000720. The third kappa shape index (κ3) is 1.97. The molecule has 0 saturated heterocycles. The van der Waals surface area contributed by atoms with Crippen LogP contribution in [-0.4, -0.2) is 15.4 Å². The fourth-order valence-electron chi connectivity index (χ4n) is 1.81. The lowest BCUT2D eigenvalue weighted by Crippen LogP contribution is -2.04. The van der Waals surface area contributed by atoms with Crippen molar-refractivity contribution >= 4 is 12.4 Å². The lowest BCUT2D eigenvalue weighted by atomic mass is 9.87. The minimum absolute atomic E-state index is 0. The van der Waals surface area contributed by atoms with Crippen molar-refractivity contribution in [3.8, 4) is 0 Å². The van der Waals surface area contributed by atoms with Gasteiger partial charge in [-0.3, -0.25) is 0 Å². The molecule has 1 aliphatic carbocycles. The van der Waals surface area contributed by atoms with Crippen LogP contribution in [0.4, 0.5) is 0 Å². The maximum Gasteiger partial charge on any atom is 0.0855 e. The molecule has 4 heteroatoms. The molecule has 1 heterocycles. The molecule has 0 radical (unpaired) electrons. The third-order valence-corrected chi connectivity index (χ3v) is 2.46. The molecule has 0 amide bonds. The van der Waals surface area contributed by atoms with Gasteiger partial charge in [-0.15, -0.1) is 12.4 Å². The van der Waals surface area contributed by atoms with Gasteiger partial charge in [0, 0.05) is 5.92 Å². The molecule has 2 rings (SSSR count). The van der Waals surface area contributed by atoms with E-state index in [-0.39, 0.29) is 12.4 Å². The summed E-state index contributed by atoms with van der Waals surface area (Å²) < 4.78 is 0. The lowest BCUT2D eigenvalue weighted by Gasteiger charge is -2.18. The summed E-state index contributed by atoms with van der Waals surface area (Å²) in [6.45, 7) is 0. The van der Waals surface area contributed by atoms with E-state index in [1.54, 1.807) is 0 Å². The van der Waals surface area contributed by atoms with Crippen molar-refractivity contribution in [1.29, 1.82) is 0 Å². The van der Waals surface area contributed by atoms with Crippen LogP contribution in [0.25, 0.3) is 0 Å². The van der Waals surface area contributed by atoms with Crippen molar-refractivity contribution in [2.45, 2.75) is 38.0 Å². The molecule has 1 aromatic heterocycles. The van der Waals surface area contributed by atoms with Crippen LogP contribution in [-0.2, 0) is 0 Å². The van der Waals surface area contributed by atoms with Gasteiger partial charge < -0.3 is 0 Å². The number of nitrogens with one attached hydrogen (secondary N) is 1. The highest BCUT2D eigenvalue weighted by molar-refractivity contribution is 5.85. The fraction of sp³-hybridized carbons (Fsp3) is 0.750. The van der Waals surface area contributed by atoms with E-state index in [4.69, 9.17) is 0 Å². The Morgan fingerprint density at radius 3 is 2.58 bits per heavy atom. The number of aromatic amines is 1. The van der Waals surface area contributed by atoms with Crippen LogP contribution in [0.15, 0.2) is 6.20 Å². The summed E-state index contributed by atoms with van der Waals surface area (Å²) in [4.78, 5) is 0. The van der Waals surface area contributed by atoms with Gasteiger partial charge in [0.05, 0.1) is 11.9 Å². The molecule has 0 aliphatic heterocycles. The van der Waals surface area contributed by atoms with E-state index in [1.165, 1.54) is 32.1 Å². The summed E-state index contributed by atoms with van der Waals surface area (Å²) in [5.74, 6) is 0.683. The smallest absolute Gasteiger partial charge is 0.0855 e. The van der Waals surface area contributed by atoms with Gasteiger partial charge in [-0.1, -0.05) is 19.3 Å². The van der Waals surface area contributed by atoms with Crippen molar-refractivity contribution in [2.24, 2.45) is 0 Å². The van der Waals surface area contributed by atoms with Crippen LogP contribution in [0.3, 0.4) is 0 Å². The zero-order valence-corrected chi connectivity index (χ0v) is 7.81. The number of H-pyrrole nitrogens is 1. The van der Waals surface area contributed by atoms with Crippen molar-refractivity contribution in [3.63, 3.8) is 0 Å². The predicted molar refractivity (Wildman–Crippen MR) is 49.5 cm³/mol.